The number of rotatable bonds is 10. The van der Waals surface area contributed by atoms with Crippen LogP contribution in [0.3, 0.4) is 0 Å². The first-order chi connectivity index (χ1) is 18.4. The number of fused-ring (bicyclic) bond motifs is 1. The zero-order chi connectivity index (χ0) is 26.8. The average Bonchev–Trinajstić information content (AvgIpc) is 3.60. The Hall–Kier alpha value is -3.52. The molecular formula is C30H37N3O5. The van der Waals surface area contributed by atoms with Crippen molar-refractivity contribution in [2.75, 3.05) is 26.4 Å². The van der Waals surface area contributed by atoms with Crippen LogP contribution in [-0.2, 0) is 4.74 Å². The van der Waals surface area contributed by atoms with Crippen LogP contribution < -0.4 is 9.47 Å². The number of aromatic hydroxyl groups is 1. The summed E-state index contributed by atoms with van der Waals surface area (Å²) < 4.78 is 17.9. The van der Waals surface area contributed by atoms with Gasteiger partial charge >= 0.3 is 0 Å². The summed E-state index contributed by atoms with van der Waals surface area (Å²) in [7, 11) is 0. The van der Waals surface area contributed by atoms with Crippen molar-refractivity contribution < 1.29 is 24.1 Å². The van der Waals surface area contributed by atoms with Crippen molar-refractivity contribution in [2.24, 2.45) is 0 Å². The molecular weight excluding hydrogens is 482 g/mol. The molecule has 38 heavy (non-hydrogen) atoms. The van der Waals surface area contributed by atoms with Crippen molar-refractivity contribution in [2.45, 2.75) is 65.5 Å². The molecule has 5 rings (SSSR count). The van der Waals surface area contributed by atoms with Gasteiger partial charge in [0.2, 0.25) is 0 Å². The van der Waals surface area contributed by atoms with Crippen molar-refractivity contribution in [3.8, 4) is 28.5 Å². The lowest BCUT2D eigenvalue weighted by atomic mass is 9.93. The van der Waals surface area contributed by atoms with Crippen molar-refractivity contribution in [1.82, 2.24) is 15.1 Å². The highest BCUT2D eigenvalue weighted by Gasteiger charge is 2.44. The highest BCUT2D eigenvalue weighted by molar-refractivity contribution is 6.00. The molecule has 3 aromatic rings. The summed E-state index contributed by atoms with van der Waals surface area (Å²) in [5.74, 6) is 1.37. The number of benzene rings is 2. The van der Waals surface area contributed by atoms with Crippen LogP contribution in [0.15, 0.2) is 30.3 Å². The molecule has 2 atom stereocenters. The molecule has 1 aromatic heterocycles. The number of ether oxygens (including phenoxy) is 3. The molecule has 0 radical (unpaired) electrons. The van der Waals surface area contributed by atoms with Gasteiger partial charge in [0, 0.05) is 24.3 Å². The Balaban J connectivity index is 1.62. The van der Waals surface area contributed by atoms with E-state index < -0.39 is 6.04 Å². The number of H-pyrrole nitrogens is 1. The fourth-order valence-corrected chi connectivity index (χ4v) is 5.59. The highest BCUT2D eigenvalue weighted by Crippen LogP contribution is 2.47. The maximum Gasteiger partial charge on any atom is 0.273 e. The van der Waals surface area contributed by atoms with Gasteiger partial charge in [-0.25, -0.2) is 0 Å². The van der Waals surface area contributed by atoms with Crippen LogP contribution in [0.2, 0.25) is 0 Å². The summed E-state index contributed by atoms with van der Waals surface area (Å²) in [5, 5.41) is 18.5. The summed E-state index contributed by atoms with van der Waals surface area (Å²) >= 11 is 0. The third-order valence-corrected chi connectivity index (χ3v) is 7.32. The van der Waals surface area contributed by atoms with E-state index in [2.05, 4.69) is 17.1 Å². The van der Waals surface area contributed by atoms with Crippen LogP contribution >= 0.6 is 0 Å². The van der Waals surface area contributed by atoms with Crippen molar-refractivity contribution in [3.05, 3.63) is 58.3 Å². The molecule has 0 spiro atoms. The Labute approximate surface area is 223 Å². The highest BCUT2D eigenvalue weighted by atomic mass is 16.5. The quantitative estimate of drug-likeness (QED) is 0.334. The number of carbonyl (C=O) groups excluding carboxylic acids is 1. The lowest BCUT2D eigenvalue weighted by molar-refractivity contribution is 0.0495. The first-order valence-electron chi connectivity index (χ1n) is 13.6. The number of unbranched alkanes of at least 4 members (excludes halogenated alkanes) is 1. The van der Waals surface area contributed by atoms with Gasteiger partial charge in [0.25, 0.3) is 5.91 Å². The van der Waals surface area contributed by atoms with E-state index >= 15 is 0 Å². The molecule has 3 heterocycles. The Kier molecular flexibility index (Phi) is 7.61. The van der Waals surface area contributed by atoms with Gasteiger partial charge in [0.15, 0.2) is 11.5 Å². The maximum atomic E-state index is 13.8. The summed E-state index contributed by atoms with van der Waals surface area (Å²) in [5.41, 5.74) is 5.19. The number of phenolic OH excluding ortho intramolecular Hbond substituents is 1. The van der Waals surface area contributed by atoms with Crippen LogP contribution in [-0.4, -0.2) is 58.6 Å². The third kappa shape index (κ3) is 4.85. The minimum Gasteiger partial charge on any atom is -0.507 e. The monoisotopic (exact) mass is 519 g/mol. The zero-order valence-corrected chi connectivity index (χ0v) is 22.7. The van der Waals surface area contributed by atoms with Crippen LogP contribution in [0.1, 0.15) is 78.3 Å². The Morgan fingerprint density at radius 3 is 2.71 bits per heavy atom. The van der Waals surface area contributed by atoms with E-state index in [1.807, 2.05) is 49.9 Å². The molecule has 2 aliphatic rings. The van der Waals surface area contributed by atoms with Crippen molar-refractivity contribution in [3.63, 3.8) is 0 Å². The second-order valence-corrected chi connectivity index (χ2v) is 10.2. The molecule has 0 aliphatic carbocycles. The summed E-state index contributed by atoms with van der Waals surface area (Å²) in [6.45, 7) is 10.3. The molecule has 2 N–H and O–H groups in total. The van der Waals surface area contributed by atoms with Crippen LogP contribution in [0.5, 0.6) is 17.2 Å². The number of nitrogens with one attached hydrogen (secondary N) is 1. The molecule has 1 saturated heterocycles. The third-order valence-electron chi connectivity index (χ3n) is 7.32. The lowest BCUT2D eigenvalue weighted by Crippen LogP contribution is -2.36. The van der Waals surface area contributed by atoms with E-state index in [9.17, 15) is 9.90 Å². The van der Waals surface area contributed by atoms with Crippen molar-refractivity contribution >= 4 is 5.91 Å². The van der Waals surface area contributed by atoms with Crippen LogP contribution in [0.25, 0.3) is 11.3 Å². The van der Waals surface area contributed by atoms with Gasteiger partial charge < -0.3 is 24.2 Å². The summed E-state index contributed by atoms with van der Waals surface area (Å²) in [6, 6.07) is 9.23. The molecule has 0 saturated carbocycles. The molecule has 2 unspecified atom stereocenters. The van der Waals surface area contributed by atoms with E-state index in [0.29, 0.717) is 54.8 Å². The SMILES string of the molecule is CCCCOc1ccc(C2c3c(-c4c(C)cc(C)cc4O)n[nH]c3C(=O)N2CC2CCCO2)cc1OCC. The number of carbonyl (C=O) groups is 1. The van der Waals surface area contributed by atoms with Gasteiger partial charge in [-0.05, 0) is 74.9 Å². The second kappa shape index (κ2) is 11.1. The number of nitrogens with zero attached hydrogens (tertiary/aromatic N) is 2. The zero-order valence-electron chi connectivity index (χ0n) is 22.7. The minimum atomic E-state index is -0.417. The smallest absolute Gasteiger partial charge is 0.273 e. The molecule has 1 fully saturated rings. The van der Waals surface area contributed by atoms with E-state index in [1.165, 1.54) is 0 Å². The van der Waals surface area contributed by atoms with Gasteiger partial charge in [-0.3, -0.25) is 9.89 Å². The Bertz CT molecular complexity index is 1290. The van der Waals surface area contributed by atoms with Gasteiger partial charge in [0.05, 0.1) is 25.4 Å². The predicted octanol–water partition coefficient (Wildman–Crippen LogP) is 5.70. The molecule has 2 aliphatic heterocycles. The lowest BCUT2D eigenvalue weighted by Gasteiger charge is -2.29. The molecule has 2 aromatic carbocycles. The number of hydrogen-bond acceptors (Lipinski definition) is 6. The maximum absolute atomic E-state index is 13.8. The number of phenols is 1. The first kappa shape index (κ1) is 26.1. The van der Waals surface area contributed by atoms with Gasteiger partial charge in [0.1, 0.15) is 17.1 Å². The molecule has 0 bridgehead atoms. The fourth-order valence-electron chi connectivity index (χ4n) is 5.59. The molecule has 1 amide bonds. The second-order valence-electron chi connectivity index (χ2n) is 10.2. The molecule has 8 nitrogen and oxygen atoms in total. The predicted molar refractivity (Wildman–Crippen MR) is 145 cm³/mol. The number of aromatic amines is 1. The normalized spacial score (nSPS) is 18.7. The van der Waals surface area contributed by atoms with E-state index in [1.54, 1.807) is 6.07 Å². The minimum absolute atomic E-state index is 0.0145. The van der Waals surface area contributed by atoms with Gasteiger partial charge in [-0.2, -0.15) is 5.10 Å². The van der Waals surface area contributed by atoms with Crippen molar-refractivity contribution in [1.29, 1.82) is 0 Å². The number of aromatic nitrogens is 2. The van der Waals surface area contributed by atoms with Crippen LogP contribution in [0.4, 0.5) is 0 Å². The van der Waals surface area contributed by atoms with Gasteiger partial charge in [-0.15, -0.1) is 0 Å². The van der Waals surface area contributed by atoms with E-state index in [0.717, 1.165) is 47.9 Å². The standard InChI is InChI=1S/C30H37N3O5/c1-5-7-12-38-23-11-10-20(16-24(23)36-6-2)29-26-27(25-19(4)14-18(3)15-22(25)34)31-32-28(26)30(35)33(29)17-21-9-8-13-37-21/h10-11,14-16,21,29,34H,5-9,12-13,17H2,1-4H3,(H,31,32). The average molecular weight is 520 g/mol. The largest absolute Gasteiger partial charge is 0.507 e. The summed E-state index contributed by atoms with van der Waals surface area (Å²) in [4.78, 5) is 15.6. The Morgan fingerprint density at radius 1 is 1.16 bits per heavy atom. The number of hydrogen-bond donors (Lipinski definition) is 2. The first-order valence-corrected chi connectivity index (χ1v) is 13.6. The van der Waals surface area contributed by atoms with Gasteiger partial charge in [-0.1, -0.05) is 25.5 Å². The van der Waals surface area contributed by atoms with E-state index in [-0.39, 0.29) is 17.8 Å². The topological polar surface area (TPSA) is 96.9 Å². The number of amides is 1. The summed E-state index contributed by atoms with van der Waals surface area (Å²) in [6.07, 6.45) is 3.90. The molecule has 8 heteroatoms. The number of aryl methyl sites for hydroxylation is 2. The fraction of sp³-hybridized carbons (Fsp3) is 0.467. The van der Waals surface area contributed by atoms with E-state index in [4.69, 9.17) is 14.2 Å². The molecule has 202 valence electrons. The Morgan fingerprint density at radius 2 is 2.00 bits per heavy atom. The van der Waals surface area contributed by atoms with Crippen LogP contribution in [0, 0.1) is 13.8 Å².